The van der Waals surface area contributed by atoms with Crippen molar-refractivity contribution in [2.75, 3.05) is 49.6 Å². The van der Waals surface area contributed by atoms with Gasteiger partial charge in [0.2, 0.25) is 5.95 Å². The third kappa shape index (κ3) is 4.51. The first-order valence-electron chi connectivity index (χ1n) is 9.26. The van der Waals surface area contributed by atoms with Crippen LogP contribution >= 0.6 is 0 Å². The van der Waals surface area contributed by atoms with Crippen LogP contribution in [0.25, 0.3) is 0 Å². The number of aromatic nitrogens is 2. The molecule has 2 aromatic rings. The van der Waals surface area contributed by atoms with E-state index >= 15 is 0 Å². The van der Waals surface area contributed by atoms with Crippen molar-refractivity contribution in [2.45, 2.75) is 19.0 Å². The van der Waals surface area contributed by atoms with Gasteiger partial charge in [0, 0.05) is 50.5 Å². The summed E-state index contributed by atoms with van der Waals surface area (Å²) in [5.74, 6) is 0.728. The van der Waals surface area contributed by atoms with Gasteiger partial charge in [-0.25, -0.2) is 13.8 Å². The van der Waals surface area contributed by atoms with Crippen molar-refractivity contribution in [1.29, 1.82) is 0 Å². The molecule has 0 aliphatic carbocycles. The zero-order valence-corrected chi connectivity index (χ0v) is 15.1. The Morgan fingerprint density at radius 3 is 2.85 bits per heavy atom. The molecule has 3 heterocycles. The number of likely N-dealkylation sites (tertiary alicyclic amines) is 1. The average molecular weight is 375 g/mol. The van der Waals surface area contributed by atoms with Crippen LogP contribution in [0.15, 0.2) is 30.5 Å². The number of benzene rings is 1. The van der Waals surface area contributed by atoms with Gasteiger partial charge in [0.1, 0.15) is 17.5 Å². The fourth-order valence-corrected chi connectivity index (χ4v) is 3.55. The molecule has 0 saturated carbocycles. The molecule has 2 saturated heterocycles. The third-order valence-electron chi connectivity index (χ3n) is 4.96. The molecular weight excluding hydrogens is 352 g/mol. The molecule has 0 bridgehead atoms. The number of ether oxygens (including phenoxy) is 1. The number of hydrogen-bond acceptors (Lipinski definition) is 6. The van der Waals surface area contributed by atoms with Crippen LogP contribution in [0.3, 0.4) is 0 Å². The maximum atomic E-state index is 13.8. The molecule has 1 atom stereocenters. The number of nitrogens with zero attached hydrogens (tertiary/aromatic N) is 4. The highest BCUT2D eigenvalue weighted by molar-refractivity contribution is 5.42. The molecule has 2 aliphatic heterocycles. The molecule has 1 N–H and O–H groups in total. The van der Waals surface area contributed by atoms with Gasteiger partial charge in [-0.15, -0.1) is 0 Å². The van der Waals surface area contributed by atoms with E-state index in [4.69, 9.17) is 4.74 Å². The van der Waals surface area contributed by atoms with E-state index in [1.165, 1.54) is 12.1 Å². The largest absolute Gasteiger partial charge is 0.378 e. The van der Waals surface area contributed by atoms with Gasteiger partial charge in [0.25, 0.3) is 0 Å². The predicted octanol–water partition coefficient (Wildman–Crippen LogP) is 2.28. The fourth-order valence-electron chi connectivity index (χ4n) is 3.55. The quantitative estimate of drug-likeness (QED) is 0.865. The van der Waals surface area contributed by atoms with Crippen molar-refractivity contribution >= 4 is 11.8 Å². The van der Waals surface area contributed by atoms with Gasteiger partial charge in [-0.2, -0.15) is 4.98 Å². The van der Waals surface area contributed by atoms with Gasteiger partial charge in [-0.3, -0.25) is 4.90 Å². The SMILES string of the molecule is Fc1ccc(F)c(CN2CCC(Nc3ccnc(N4CCOCC4)n3)C2)c1. The summed E-state index contributed by atoms with van der Waals surface area (Å²) in [6.07, 6.45) is 2.68. The summed E-state index contributed by atoms with van der Waals surface area (Å²) in [5.41, 5.74) is 0.396. The first kappa shape index (κ1) is 18.1. The second-order valence-corrected chi connectivity index (χ2v) is 6.94. The maximum absolute atomic E-state index is 13.8. The summed E-state index contributed by atoms with van der Waals surface area (Å²) in [6, 6.07) is 5.68. The van der Waals surface area contributed by atoms with Crippen LogP contribution in [0.4, 0.5) is 20.5 Å². The minimum Gasteiger partial charge on any atom is -0.378 e. The minimum absolute atomic E-state index is 0.217. The van der Waals surface area contributed by atoms with Gasteiger partial charge >= 0.3 is 0 Å². The van der Waals surface area contributed by atoms with E-state index < -0.39 is 5.82 Å². The Morgan fingerprint density at radius 2 is 2.00 bits per heavy atom. The van der Waals surface area contributed by atoms with Crippen LogP contribution in [0.5, 0.6) is 0 Å². The second-order valence-electron chi connectivity index (χ2n) is 6.94. The van der Waals surface area contributed by atoms with Crippen LogP contribution in [0.1, 0.15) is 12.0 Å². The van der Waals surface area contributed by atoms with Crippen LogP contribution < -0.4 is 10.2 Å². The van der Waals surface area contributed by atoms with E-state index in [0.29, 0.717) is 31.3 Å². The molecule has 27 heavy (non-hydrogen) atoms. The number of anilines is 2. The molecule has 0 amide bonds. The molecule has 0 radical (unpaired) electrons. The molecule has 0 spiro atoms. The van der Waals surface area contributed by atoms with E-state index in [1.54, 1.807) is 6.20 Å². The van der Waals surface area contributed by atoms with Crippen LogP contribution in [-0.4, -0.2) is 60.3 Å². The summed E-state index contributed by atoms with van der Waals surface area (Å²) in [5, 5.41) is 3.44. The van der Waals surface area contributed by atoms with Crippen molar-refractivity contribution < 1.29 is 13.5 Å². The average Bonchev–Trinajstić information content (AvgIpc) is 3.12. The second kappa shape index (κ2) is 8.14. The smallest absolute Gasteiger partial charge is 0.227 e. The van der Waals surface area contributed by atoms with Gasteiger partial charge in [0.05, 0.1) is 13.2 Å². The molecule has 4 rings (SSSR count). The monoisotopic (exact) mass is 375 g/mol. The maximum Gasteiger partial charge on any atom is 0.227 e. The lowest BCUT2D eigenvalue weighted by Gasteiger charge is -2.27. The number of hydrogen-bond donors (Lipinski definition) is 1. The lowest BCUT2D eigenvalue weighted by Crippen LogP contribution is -2.37. The van der Waals surface area contributed by atoms with E-state index in [2.05, 4.69) is 25.1 Å². The minimum atomic E-state index is -0.406. The van der Waals surface area contributed by atoms with Gasteiger partial charge < -0.3 is 15.0 Å². The summed E-state index contributed by atoms with van der Waals surface area (Å²) in [7, 11) is 0. The molecule has 1 aromatic carbocycles. The first-order valence-corrected chi connectivity index (χ1v) is 9.26. The predicted molar refractivity (Wildman–Crippen MR) is 98.7 cm³/mol. The molecule has 8 heteroatoms. The Bertz CT molecular complexity index is 784. The van der Waals surface area contributed by atoms with Crippen LogP contribution in [0.2, 0.25) is 0 Å². The molecule has 2 aliphatic rings. The molecule has 1 unspecified atom stereocenters. The Morgan fingerprint density at radius 1 is 1.15 bits per heavy atom. The van der Waals surface area contributed by atoms with Crippen molar-refractivity contribution in [1.82, 2.24) is 14.9 Å². The Hall–Kier alpha value is -2.32. The number of rotatable bonds is 5. The summed E-state index contributed by atoms with van der Waals surface area (Å²) in [6.45, 7) is 4.96. The zero-order chi connectivity index (χ0) is 18.6. The Balaban J connectivity index is 1.35. The number of nitrogens with one attached hydrogen (secondary N) is 1. The third-order valence-corrected chi connectivity index (χ3v) is 4.96. The Kier molecular flexibility index (Phi) is 5.45. The highest BCUT2D eigenvalue weighted by atomic mass is 19.1. The lowest BCUT2D eigenvalue weighted by molar-refractivity contribution is 0.122. The van der Waals surface area contributed by atoms with E-state index in [0.717, 1.165) is 44.5 Å². The summed E-state index contributed by atoms with van der Waals surface area (Å²) in [4.78, 5) is 13.2. The molecule has 144 valence electrons. The molecule has 2 fully saturated rings. The highest BCUT2D eigenvalue weighted by Gasteiger charge is 2.24. The van der Waals surface area contributed by atoms with E-state index in [-0.39, 0.29) is 11.9 Å². The van der Waals surface area contributed by atoms with Crippen molar-refractivity contribution in [2.24, 2.45) is 0 Å². The fraction of sp³-hybridized carbons (Fsp3) is 0.474. The van der Waals surface area contributed by atoms with Gasteiger partial charge in [0.15, 0.2) is 0 Å². The number of morpholine rings is 1. The lowest BCUT2D eigenvalue weighted by atomic mass is 10.2. The topological polar surface area (TPSA) is 53.5 Å². The van der Waals surface area contributed by atoms with E-state index in [1.807, 2.05) is 6.07 Å². The van der Waals surface area contributed by atoms with Gasteiger partial charge in [-0.1, -0.05) is 0 Å². The van der Waals surface area contributed by atoms with Crippen LogP contribution in [-0.2, 0) is 11.3 Å². The van der Waals surface area contributed by atoms with Crippen molar-refractivity contribution in [3.05, 3.63) is 47.7 Å². The molecule has 6 nitrogen and oxygen atoms in total. The Labute approximate surface area is 157 Å². The van der Waals surface area contributed by atoms with Gasteiger partial charge in [-0.05, 0) is 30.7 Å². The number of halogens is 2. The van der Waals surface area contributed by atoms with E-state index in [9.17, 15) is 8.78 Å². The van der Waals surface area contributed by atoms with Crippen LogP contribution in [0, 0.1) is 11.6 Å². The van der Waals surface area contributed by atoms with Crippen molar-refractivity contribution in [3.8, 4) is 0 Å². The molecule has 1 aromatic heterocycles. The molecular formula is C19H23F2N5O. The normalized spacial score (nSPS) is 20.8. The van der Waals surface area contributed by atoms with Crippen molar-refractivity contribution in [3.63, 3.8) is 0 Å². The standard InChI is InChI=1S/C19H23F2N5O/c20-15-1-2-17(21)14(11-15)12-25-6-4-16(13-25)23-18-3-5-22-19(24-18)26-7-9-27-10-8-26/h1-3,5,11,16H,4,6-10,12-13H2,(H,22,23,24). The summed E-state index contributed by atoms with van der Waals surface area (Å²) < 4.78 is 32.6. The first-order chi connectivity index (χ1) is 13.2. The summed E-state index contributed by atoms with van der Waals surface area (Å²) >= 11 is 0. The zero-order valence-electron chi connectivity index (χ0n) is 15.1. The highest BCUT2D eigenvalue weighted by Crippen LogP contribution is 2.20.